The highest BCUT2D eigenvalue weighted by Gasteiger charge is 2.38. The minimum atomic E-state index is -1.28. The number of carbonyl (C=O) groups is 2. The summed E-state index contributed by atoms with van der Waals surface area (Å²) >= 11 is 0. The molecule has 0 aromatic carbocycles. The monoisotopic (exact) mass is 542 g/mol. The van der Waals surface area contributed by atoms with Crippen molar-refractivity contribution in [2.75, 3.05) is 13.2 Å². The number of rotatable bonds is 26. The van der Waals surface area contributed by atoms with Gasteiger partial charge in [-0.3, -0.25) is 9.59 Å². The van der Waals surface area contributed by atoms with Crippen LogP contribution in [0.15, 0.2) is 0 Å². The maximum Gasteiger partial charge on any atom is 0.312 e. The lowest BCUT2D eigenvalue weighted by Gasteiger charge is -2.33. The molecule has 0 bridgehead atoms. The Morgan fingerprint density at radius 2 is 1.16 bits per heavy atom. The summed E-state index contributed by atoms with van der Waals surface area (Å²) in [6.07, 6.45) is 17.9. The number of ether oxygens (including phenoxy) is 2. The third-order valence-electron chi connectivity index (χ3n) is 7.86. The first-order chi connectivity index (χ1) is 18.3. The predicted octanol–water partition coefficient (Wildman–Crippen LogP) is 7.91. The van der Waals surface area contributed by atoms with Crippen molar-refractivity contribution in [2.24, 2.45) is 11.8 Å². The third kappa shape index (κ3) is 16.7. The average Bonchev–Trinajstić information content (AvgIpc) is 2.92. The molecular formula is C32H62O6. The molecule has 0 aliphatic heterocycles. The van der Waals surface area contributed by atoms with Gasteiger partial charge in [-0.2, -0.15) is 0 Å². The topological polar surface area (TPSA) is 93.1 Å². The molecule has 4 atom stereocenters. The Bertz CT molecular complexity index is 574. The van der Waals surface area contributed by atoms with Gasteiger partial charge >= 0.3 is 11.9 Å². The average molecular weight is 543 g/mol. The summed E-state index contributed by atoms with van der Waals surface area (Å²) in [6, 6.07) is 0. The minimum Gasteiger partial charge on any atom is -0.461 e. The summed E-state index contributed by atoms with van der Waals surface area (Å²) in [4.78, 5) is 25.9. The van der Waals surface area contributed by atoms with Crippen LogP contribution in [0.25, 0.3) is 0 Å². The molecule has 0 rings (SSSR count). The Labute approximate surface area is 234 Å². The van der Waals surface area contributed by atoms with Crippen LogP contribution in [0.5, 0.6) is 0 Å². The van der Waals surface area contributed by atoms with E-state index in [0.717, 1.165) is 77.0 Å². The standard InChI is InChI=1S/C32H62O6/c1-6-10-13-16-17-18-20-23-28(29(34)24-21-15-12-8-3)31(36)38-32(9-4,25-33)26-37-30(35)27(5)22-19-14-11-7-2/h27-29,33-34H,6-26H2,1-5H3. The summed E-state index contributed by atoms with van der Waals surface area (Å²) in [7, 11) is 0. The highest BCUT2D eigenvalue weighted by molar-refractivity contribution is 5.74. The molecule has 0 aliphatic rings. The molecule has 0 radical (unpaired) electrons. The molecule has 6 heteroatoms. The van der Waals surface area contributed by atoms with Crippen molar-refractivity contribution in [1.29, 1.82) is 0 Å². The first-order valence-corrected chi connectivity index (χ1v) is 16.0. The number of hydrogen-bond donors (Lipinski definition) is 2. The van der Waals surface area contributed by atoms with Gasteiger partial charge in [-0.15, -0.1) is 0 Å². The molecule has 0 amide bonds. The molecule has 6 nitrogen and oxygen atoms in total. The molecule has 0 aromatic rings. The SMILES string of the molecule is CCCCCCCCCC(C(=O)OC(CC)(CO)COC(=O)C(C)CCCCCC)C(O)CCCCCC. The molecule has 0 aliphatic carbocycles. The zero-order valence-corrected chi connectivity index (χ0v) is 25.6. The maximum atomic E-state index is 13.4. The van der Waals surface area contributed by atoms with Crippen molar-refractivity contribution in [3.05, 3.63) is 0 Å². The zero-order chi connectivity index (χ0) is 28.7. The van der Waals surface area contributed by atoms with Crippen LogP contribution >= 0.6 is 0 Å². The number of unbranched alkanes of at least 4 members (excludes halogenated alkanes) is 12. The largest absolute Gasteiger partial charge is 0.461 e. The van der Waals surface area contributed by atoms with E-state index in [4.69, 9.17) is 9.47 Å². The number of carbonyl (C=O) groups excluding carboxylic acids is 2. The highest BCUT2D eigenvalue weighted by Crippen LogP contribution is 2.26. The predicted molar refractivity (Wildman–Crippen MR) is 156 cm³/mol. The molecule has 4 unspecified atom stereocenters. The Morgan fingerprint density at radius 1 is 0.684 bits per heavy atom. The number of hydrogen-bond acceptors (Lipinski definition) is 6. The van der Waals surface area contributed by atoms with Crippen molar-refractivity contribution in [2.45, 2.75) is 168 Å². The van der Waals surface area contributed by atoms with E-state index in [1.54, 1.807) is 0 Å². The van der Waals surface area contributed by atoms with E-state index in [1.165, 1.54) is 25.7 Å². The number of aliphatic hydroxyl groups is 2. The van der Waals surface area contributed by atoms with Crippen molar-refractivity contribution in [3.8, 4) is 0 Å². The summed E-state index contributed by atoms with van der Waals surface area (Å²) < 4.78 is 11.4. The number of esters is 2. The van der Waals surface area contributed by atoms with E-state index in [1.807, 2.05) is 13.8 Å². The van der Waals surface area contributed by atoms with Crippen LogP contribution in [0, 0.1) is 11.8 Å². The van der Waals surface area contributed by atoms with Gasteiger partial charge in [0.05, 0.1) is 24.5 Å². The van der Waals surface area contributed by atoms with Crippen molar-refractivity contribution < 1.29 is 29.3 Å². The highest BCUT2D eigenvalue weighted by atomic mass is 16.6. The first-order valence-electron chi connectivity index (χ1n) is 16.0. The zero-order valence-electron chi connectivity index (χ0n) is 25.6. The molecule has 0 saturated heterocycles. The third-order valence-corrected chi connectivity index (χ3v) is 7.86. The van der Waals surface area contributed by atoms with Crippen molar-refractivity contribution >= 4 is 11.9 Å². The Morgan fingerprint density at radius 3 is 1.68 bits per heavy atom. The van der Waals surface area contributed by atoms with Crippen molar-refractivity contribution in [1.82, 2.24) is 0 Å². The quantitative estimate of drug-likeness (QED) is 0.0852. The van der Waals surface area contributed by atoms with Gasteiger partial charge in [0, 0.05) is 0 Å². The number of aliphatic hydroxyl groups excluding tert-OH is 2. The van der Waals surface area contributed by atoms with E-state index in [0.29, 0.717) is 19.3 Å². The van der Waals surface area contributed by atoms with E-state index in [9.17, 15) is 19.8 Å². The van der Waals surface area contributed by atoms with Gasteiger partial charge in [-0.25, -0.2) is 0 Å². The van der Waals surface area contributed by atoms with E-state index >= 15 is 0 Å². The fourth-order valence-corrected chi connectivity index (χ4v) is 4.79. The van der Waals surface area contributed by atoms with Gasteiger partial charge in [-0.1, -0.05) is 131 Å². The summed E-state index contributed by atoms with van der Waals surface area (Å²) in [5, 5.41) is 21.1. The van der Waals surface area contributed by atoms with Crippen LogP contribution in [-0.2, 0) is 19.1 Å². The lowest BCUT2D eigenvalue weighted by molar-refractivity contribution is -0.187. The molecule has 226 valence electrons. The first kappa shape index (κ1) is 36.9. The molecule has 0 aromatic heterocycles. The summed E-state index contributed by atoms with van der Waals surface area (Å²) in [5.74, 6) is -1.67. The summed E-state index contributed by atoms with van der Waals surface area (Å²) in [5.41, 5.74) is -1.28. The van der Waals surface area contributed by atoms with Gasteiger partial charge in [-0.05, 0) is 25.7 Å². The molecule has 0 fully saturated rings. The fourth-order valence-electron chi connectivity index (χ4n) is 4.79. The molecule has 0 spiro atoms. The second-order valence-corrected chi connectivity index (χ2v) is 11.4. The normalized spacial score (nSPS) is 15.4. The molecule has 0 saturated carbocycles. The van der Waals surface area contributed by atoms with E-state index in [2.05, 4.69) is 20.8 Å². The lowest BCUT2D eigenvalue weighted by atomic mass is 9.91. The van der Waals surface area contributed by atoms with Crippen LogP contribution in [0.4, 0.5) is 0 Å². The minimum absolute atomic E-state index is 0.166. The van der Waals surface area contributed by atoms with E-state index in [-0.39, 0.29) is 18.5 Å². The van der Waals surface area contributed by atoms with Gasteiger partial charge in [0.2, 0.25) is 0 Å². The van der Waals surface area contributed by atoms with Gasteiger partial charge < -0.3 is 19.7 Å². The van der Waals surface area contributed by atoms with Crippen LogP contribution in [0.1, 0.15) is 157 Å². The van der Waals surface area contributed by atoms with E-state index < -0.39 is 30.2 Å². The Kier molecular flexibility index (Phi) is 23.0. The van der Waals surface area contributed by atoms with Crippen molar-refractivity contribution in [3.63, 3.8) is 0 Å². The Balaban J connectivity index is 5.09. The van der Waals surface area contributed by atoms with Crippen LogP contribution in [-0.4, -0.2) is 47.1 Å². The van der Waals surface area contributed by atoms with Crippen LogP contribution < -0.4 is 0 Å². The second kappa shape index (κ2) is 23.7. The molecular weight excluding hydrogens is 480 g/mol. The molecule has 2 N–H and O–H groups in total. The fraction of sp³-hybridized carbons (Fsp3) is 0.938. The smallest absolute Gasteiger partial charge is 0.312 e. The maximum absolute atomic E-state index is 13.4. The van der Waals surface area contributed by atoms with Gasteiger partial charge in [0.15, 0.2) is 5.60 Å². The van der Waals surface area contributed by atoms with Crippen LogP contribution in [0.3, 0.4) is 0 Å². The lowest BCUT2D eigenvalue weighted by Crippen LogP contribution is -2.46. The van der Waals surface area contributed by atoms with Crippen LogP contribution in [0.2, 0.25) is 0 Å². The second-order valence-electron chi connectivity index (χ2n) is 11.4. The Hall–Kier alpha value is -1.14. The molecule has 38 heavy (non-hydrogen) atoms. The summed E-state index contributed by atoms with van der Waals surface area (Å²) in [6.45, 7) is 9.60. The van der Waals surface area contributed by atoms with Gasteiger partial charge in [0.25, 0.3) is 0 Å². The molecule has 0 heterocycles. The van der Waals surface area contributed by atoms with Gasteiger partial charge in [0.1, 0.15) is 6.61 Å².